The zero-order valence-electron chi connectivity index (χ0n) is 9.32. The van der Waals surface area contributed by atoms with Crippen LogP contribution in [0.25, 0.3) is 0 Å². The quantitative estimate of drug-likeness (QED) is 0.773. The average Bonchev–Trinajstić information content (AvgIpc) is 2.74. The van der Waals surface area contributed by atoms with Gasteiger partial charge in [-0.05, 0) is 18.1 Å². The number of benzene rings is 1. The molecule has 1 aromatic carbocycles. The molecule has 2 atom stereocenters. The summed E-state index contributed by atoms with van der Waals surface area (Å²) in [6.45, 7) is 0.988. The third kappa shape index (κ3) is 3.28. The van der Waals surface area contributed by atoms with Gasteiger partial charge in [0.2, 0.25) is 5.91 Å². The molecule has 0 aromatic heterocycles. The number of hydrogen-bond acceptors (Lipinski definition) is 3. The number of β-amino-alcohol motifs (C(OH)–C–C–N with tert-alkyl or cyclic N) is 1. The van der Waals surface area contributed by atoms with Crippen molar-refractivity contribution in [2.45, 2.75) is 25.1 Å². The van der Waals surface area contributed by atoms with Crippen molar-refractivity contribution < 1.29 is 9.90 Å². The van der Waals surface area contributed by atoms with Crippen LogP contribution >= 0.6 is 15.9 Å². The van der Waals surface area contributed by atoms with E-state index in [9.17, 15) is 9.90 Å². The predicted molar refractivity (Wildman–Crippen MR) is 68.4 cm³/mol. The summed E-state index contributed by atoms with van der Waals surface area (Å²) < 4.78 is 0.986. The van der Waals surface area contributed by atoms with Crippen LogP contribution in [0.1, 0.15) is 12.0 Å². The molecule has 1 heterocycles. The highest BCUT2D eigenvalue weighted by molar-refractivity contribution is 9.10. The number of halogens is 1. The molecule has 92 valence electrons. The lowest BCUT2D eigenvalue weighted by Crippen LogP contribution is -2.40. The molecule has 1 aromatic rings. The summed E-state index contributed by atoms with van der Waals surface area (Å²) in [5.41, 5.74) is 1.04. The molecule has 5 heteroatoms. The molecule has 2 unspecified atom stereocenters. The van der Waals surface area contributed by atoms with Crippen molar-refractivity contribution in [3.63, 3.8) is 0 Å². The summed E-state index contributed by atoms with van der Waals surface area (Å²) in [5.74, 6) is -0.0581. The van der Waals surface area contributed by atoms with Gasteiger partial charge in [-0.25, -0.2) is 0 Å². The van der Waals surface area contributed by atoms with Gasteiger partial charge in [0.1, 0.15) is 0 Å². The van der Waals surface area contributed by atoms with E-state index in [4.69, 9.17) is 0 Å². The summed E-state index contributed by atoms with van der Waals surface area (Å²) >= 11 is 3.43. The van der Waals surface area contributed by atoms with Gasteiger partial charge in [-0.15, -0.1) is 0 Å². The highest BCUT2D eigenvalue weighted by Gasteiger charge is 2.27. The lowest BCUT2D eigenvalue weighted by atomic mass is 10.2. The monoisotopic (exact) mass is 298 g/mol. The maximum atomic E-state index is 11.8. The molecule has 1 aliphatic rings. The Morgan fingerprint density at radius 3 is 2.94 bits per heavy atom. The Kier molecular flexibility index (Phi) is 4.15. The molecule has 0 saturated carbocycles. The van der Waals surface area contributed by atoms with Crippen LogP contribution in [0, 0.1) is 0 Å². The lowest BCUT2D eigenvalue weighted by molar-refractivity contribution is -0.123. The first-order valence-electron chi connectivity index (χ1n) is 5.59. The Morgan fingerprint density at radius 1 is 1.53 bits per heavy atom. The van der Waals surface area contributed by atoms with Gasteiger partial charge in [0.15, 0.2) is 0 Å². The van der Waals surface area contributed by atoms with Crippen LogP contribution < -0.4 is 10.6 Å². The van der Waals surface area contributed by atoms with E-state index in [1.807, 2.05) is 24.3 Å². The fraction of sp³-hybridized carbons (Fsp3) is 0.417. The van der Waals surface area contributed by atoms with Crippen LogP contribution in [0.5, 0.6) is 0 Å². The van der Waals surface area contributed by atoms with Crippen molar-refractivity contribution >= 4 is 21.8 Å². The highest BCUT2D eigenvalue weighted by atomic mass is 79.9. The highest BCUT2D eigenvalue weighted by Crippen LogP contribution is 2.15. The van der Waals surface area contributed by atoms with Crippen LogP contribution in [-0.2, 0) is 11.3 Å². The van der Waals surface area contributed by atoms with Crippen molar-refractivity contribution in [1.29, 1.82) is 0 Å². The number of hydrogen-bond donors (Lipinski definition) is 3. The molecule has 1 fully saturated rings. The van der Waals surface area contributed by atoms with Crippen LogP contribution in [-0.4, -0.2) is 29.7 Å². The Labute approximate surface area is 109 Å². The number of aliphatic hydroxyl groups is 1. The third-order valence-corrected chi connectivity index (χ3v) is 3.61. The summed E-state index contributed by atoms with van der Waals surface area (Å²) in [5, 5.41) is 15.2. The molecular weight excluding hydrogens is 284 g/mol. The van der Waals surface area contributed by atoms with E-state index in [2.05, 4.69) is 26.6 Å². The number of carbonyl (C=O) groups excluding carboxylic acids is 1. The molecule has 1 amide bonds. The third-order valence-electron chi connectivity index (χ3n) is 2.84. The number of aliphatic hydroxyl groups excluding tert-OH is 1. The maximum Gasteiger partial charge on any atom is 0.237 e. The zero-order valence-corrected chi connectivity index (χ0v) is 10.9. The van der Waals surface area contributed by atoms with Gasteiger partial charge >= 0.3 is 0 Å². The molecule has 0 aliphatic carbocycles. The van der Waals surface area contributed by atoms with Crippen molar-refractivity contribution in [3.8, 4) is 0 Å². The molecular formula is C12H15BrN2O2. The summed E-state index contributed by atoms with van der Waals surface area (Å²) in [6, 6.07) is 7.50. The molecule has 4 nitrogen and oxygen atoms in total. The molecule has 2 rings (SSSR count). The molecule has 17 heavy (non-hydrogen) atoms. The van der Waals surface area contributed by atoms with Crippen LogP contribution in [0.4, 0.5) is 0 Å². The molecule has 1 aliphatic heterocycles. The second kappa shape index (κ2) is 5.62. The normalized spacial score (nSPS) is 23.6. The van der Waals surface area contributed by atoms with E-state index >= 15 is 0 Å². The largest absolute Gasteiger partial charge is 0.392 e. The summed E-state index contributed by atoms with van der Waals surface area (Å²) in [7, 11) is 0. The van der Waals surface area contributed by atoms with Gasteiger partial charge in [0.05, 0.1) is 12.1 Å². The number of amides is 1. The fourth-order valence-corrected chi connectivity index (χ4v) is 2.29. The van der Waals surface area contributed by atoms with E-state index in [-0.39, 0.29) is 11.9 Å². The summed E-state index contributed by atoms with van der Waals surface area (Å²) in [4.78, 5) is 11.8. The Morgan fingerprint density at radius 2 is 2.29 bits per heavy atom. The lowest BCUT2D eigenvalue weighted by Gasteiger charge is -2.11. The topological polar surface area (TPSA) is 61.4 Å². The van der Waals surface area contributed by atoms with Gasteiger partial charge in [-0.1, -0.05) is 34.1 Å². The van der Waals surface area contributed by atoms with Gasteiger partial charge in [-0.3, -0.25) is 4.79 Å². The Hall–Kier alpha value is -0.910. The first-order valence-corrected chi connectivity index (χ1v) is 6.38. The minimum atomic E-state index is -0.408. The van der Waals surface area contributed by atoms with Gasteiger partial charge in [0.25, 0.3) is 0 Å². The number of rotatable bonds is 3. The Bertz CT molecular complexity index is 411. The molecule has 3 N–H and O–H groups in total. The van der Waals surface area contributed by atoms with Crippen LogP contribution in [0.2, 0.25) is 0 Å². The summed E-state index contributed by atoms with van der Waals surface area (Å²) in [6.07, 6.45) is 0.0798. The van der Waals surface area contributed by atoms with E-state index in [1.54, 1.807) is 0 Å². The number of nitrogens with one attached hydrogen (secondary N) is 2. The van der Waals surface area contributed by atoms with Gasteiger partial charge in [0, 0.05) is 17.6 Å². The van der Waals surface area contributed by atoms with Crippen molar-refractivity contribution in [1.82, 2.24) is 10.6 Å². The second-order valence-corrected chi connectivity index (χ2v) is 5.01. The molecule has 0 spiro atoms. The molecule has 0 bridgehead atoms. The van der Waals surface area contributed by atoms with E-state index in [0.717, 1.165) is 10.0 Å². The van der Waals surface area contributed by atoms with Crippen molar-refractivity contribution in [3.05, 3.63) is 34.3 Å². The number of carbonyl (C=O) groups is 1. The van der Waals surface area contributed by atoms with E-state index < -0.39 is 6.10 Å². The SMILES string of the molecule is O=C(NCc1ccccc1Br)C1CC(O)CN1. The van der Waals surface area contributed by atoms with Crippen LogP contribution in [0.15, 0.2) is 28.7 Å². The minimum absolute atomic E-state index is 0.0581. The van der Waals surface area contributed by atoms with Crippen LogP contribution in [0.3, 0.4) is 0 Å². The predicted octanol–water partition coefficient (Wildman–Crippen LogP) is 0.788. The standard InChI is InChI=1S/C12H15BrN2O2/c13-10-4-2-1-3-8(10)6-15-12(17)11-5-9(16)7-14-11/h1-4,9,11,14,16H,5-7H2,(H,15,17). The second-order valence-electron chi connectivity index (χ2n) is 4.16. The average molecular weight is 299 g/mol. The van der Waals surface area contributed by atoms with Gasteiger partial charge < -0.3 is 15.7 Å². The maximum absolute atomic E-state index is 11.8. The van der Waals surface area contributed by atoms with E-state index in [0.29, 0.717) is 19.5 Å². The smallest absolute Gasteiger partial charge is 0.237 e. The van der Waals surface area contributed by atoms with Crippen molar-refractivity contribution in [2.24, 2.45) is 0 Å². The first kappa shape index (κ1) is 12.5. The van der Waals surface area contributed by atoms with E-state index in [1.165, 1.54) is 0 Å². The Balaban J connectivity index is 1.86. The van der Waals surface area contributed by atoms with Gasteiger partial charge in [-0.2, -0.15) is 0 Å². The van der Waals surface area contributed by atoms with Crippen molar-refractivity contribution in [2.75, 3.05) is 6.54 Å². The zero-order chi connectivity index (χ0) is 12.3. The first-order chi connectivity index (χ1) is 8.16. The fourth-order valence-electron chi connectivity index (χ4n) is 1.86. The molecule has 1 saturated heterocycles. The molecule has 0 radical (unpaired) electrons. The minimum Gasteiger partial charge on any atom is -0.392 e.